The second-order valence-corrected chi connectivity index (χ2v) is 8.48. The van der Waals surface area contributed by atoms with Crippen molar-refractivity contribution in [3.63, 3.8) is 0 Å². The van der Waals surface area contributed by atoms with E-state index >= 15 is 0 Å². The van der Waals surface area contributed by atoms with Gasteiger partial charge in [0, 0.05) is 5.56 Å². The molecule has 0 saturated carbocycles. The number of aryl methyl sites for hydroxylation is 1. The molecule has 0 bridgehead atoms. The van der Waals surface area contributed by atoms with E-state index in [1.54, 1.807) is 24.3 Å². The van der Waals surface area contributed by atoms with E-state index in [1.807, 2.05) is 31.2 Å². The van der Waals surface area contributed by atoms with Crippen LogP contribution in [0.15, 0.2) is 74.5 Å². The molecular weight excluding hydrogens is 392 g/mol. The van der Waals surface area contributed by atoms with Gasteiger partial charge in [-0.2, -0.15) is 4.98 Å². The minimum absolute atomic E-state index is 0.189. The number of furan rings is 1. The van der Waals surface area contributed by atoms with Gasteiger partial charge >= 0.3 is 0 Å². The molecule has 8 heteroatoms. The summed E-state index contributed by atoms with van der Waals surface area (Å²) in [6, 6.07) is 17.1. The number of nitrogens with zero attached hydrogens (tertiary/aromatic N) is 2. The maximum Gasteiger partial charge on any atom is 0.293 e. The number of rotatable bonds is 6. The Balaban J connectivity index is 1.53. The first kappa shape index (κ1) is 18.9. The average Bonchev–Trinajstić information content (AvgIpc) is 3.38. The van der Waals surface area contributed by atoms with Crippen LogP contribution >= 0.6 is 0 Å². The first-order valence-electron chi connectivity index (χ1n) is 8.81. The Hall–Kier alpha value is -3.39. The van der Waals surface area contributed by atoms with Crippen molar-refractivity contribution >= 4 is 9.84 Å². The molecule has 0 saturated heterocycles. The molecule has 4 aromatic rings. The van der Waals surface area contributed by atoms with E-state index in [1.165, 1.54) is 19.2 Å². The number of sulfone groups is 1. The summed E-state index contributed by atoms with van der Waals surface area (Å²) in [5.74, 6) is 1.53. The van der Waals surface area contributed by atoms with Crippen LogP contribution in [0.2, 0.25) is 0 Å². The fourth-order valence-electron chi connectivity index (χ4n) is 2.77. The van der Waals surface area contributed by atoms with Crippen molar-refractivity contribution in [2.45, 2.75) is 17.6 Å². The normalized spacial score (nSPS) is 11.5. The molecule has 7 nitrogen and oxygen atoms in total. The largest absolute Gasteiger partial charge is 0.497 e. The van der Waals surface area contributed by atoms with E-state index in [9.17, 15) is 8.42 Å². The van der Waals surface area contributed by atoms with Crippen LogP contribution in [0, 0.1) is 6.92 Å². The summed E-state index contributed by atoms with van der Waals surface area (Å²) in [6.45, 7) is 2.00. The van der Waals surface area contributed by atoms with Gasteiger partial charge in [-0.05, 0) is 43.3 Å². The minimum Gasteiger partial charge on any atom is -0.497 e. The highest BCUT2D eigenvalue weighted by atomic mass is 32.2. The van der Waals surface area contributed by atoms with Crippen LogP contribution in [0.5, 0.6) is 5.75 Å². The van der Waals surface area contributed by atoms with E-state index in [-0.39, 0.29) is 22.3 Å². The molecule has 0 unspecified atom stereocenters. The smallest absolute Gasteiger partial charge is 0.293 e. The molecule has 29 heavy (non-hydrogen) atoms. The molecule has 0 amide bonds. The van der Waals surface area contributed by atoms with Gasteiger partial charge in [0.25, 0.3) is 5.89 Å². The second-order valence-electron chi connectivity index (χ2n) is 6.49. The van der Waals surface area contributed by atoms with Gasteiger partial charge in [-0.1, -0.05) is 35.0 Å². The molecule has 2 aromatic carbocycles. The molecular formula is C21H18N2O5S. The molecule has 4 rings (SSSR count). The topological polar surface area (TPSA) is 95.4 Å². The summed E-state index contributed by atoms with van der Waals surface area (Å²) >= 11 is 0. The van der Waals surface area contributed by atoms with Crippen molar-refractivity contribution in [2.24, 2.45) is 0 Å². The molecule has 0 fully saturated rings. The predicted molar refractivity (Wildman–Crippen MR) is 106 cm³/mol. The Labute approximate surface area is 167 Å². The Morgan fingerprint density at radius 2 is 1.69 bits per heavy atom. The number of hydrogen-bond acceptors (Lipinski definition) is 7. The summed E-state index contributed by atoms with van der Waals surface area (Å²) in [4.78, 5) is 4.52. The molecule has 148 valence electrons. The van der Waals surface area contributed by atoms with Gasteiger partial charge in [-0.15, -0.1) is 0 Å². The molecule has 0 aliphatic carbocycles. The lowest BCUT2D eigenvalue weighted by Gasteiger charge is -2.04. The minimum atomic E-state index is -3.56. The van der Waals surface area contributed by atoms with E-state index in [2.05, 4.69) is 10.1 Å². The fraction of sp³-hybridized carbons (Fsp3) is 0.143. The van der Waals surface area contributed by atoms with Crippen LogP contribution in [-0.2, 0) is 15.6 Å². The van der Waals surface area contributed by atoms with Gasteiger partial charge in [0.1, 0.15) is 17.3 Å². The third-order valence-electron chi connectivity index (χ3n) is 4.36. The highest BCUT2D eigenvalue weighted by Gasteiger charge is 2.20. The highest BCUT2D eigenvalue weighted by Crippen LogP contribution is 2.26. The Bertz CT molecular complexity index is 1220. The van der Waals surface area contributed by atoms with Gasteiger partial charge in [0.15, 0.2) is 15.6 Å². The zero-order valence-electron chi connectivity index (χ0n) is 15.8. The van der Waals surface area contributed by atoms with Crippen LogP contribution < -0.4 is 4.74 Å². The molecule has 2 aromatic heterocycles. The van der Waals surface area contributed by atoms with Crippen molar-refractivity contribution in [1.29, 1.82) is 0 Å². The van der Waals surface area contributed by atoms with Crippen LogP contribution in [0.4, 0.5) is 0 Å². The van der Waals surface area contributed by atoms with Gasteiger partial charge in [-0.25, -0.2) is 8.42 Å². The first-order valence-corrected chi connectivity index (χ1v) is 10.5. The van der Waals surface area contributed by atoms with Crippen molar-refractivity contribution < 1.29 is 22.1 Å². The Morgan fingerprint density at radius 1 is 0.966 bits per heavy atom. The van der Waals surface area contributed by atoms with Gasteiger partial charge in [0.05, 0.1) is 12.0 Å². The number of benzene rings is 2. The molecule has 0 radical (unpaired) electrons. The van der Waals surface area contributed by atoms with Crippen molar-refractivity contribution in [2.75, 3.05) is 7.11 Å². The van der Waals surface area contributed by atoms with Crippen LogP contribution in [0.25, 0.3) is 23.0 Å². The molecule has 0 aliphatic heterocycles. The van der Waals surface area contributed by atoms with Crippen molar-refractivity contribution in [3.05, 3.63) is 72.0 Å². The fourth-order valence-corrected chi connectivity index (χ4v) is 4.01. The first-order chi connectivity index (χ1) is 13.9. The highest BCUT2D eigenvalue weighted by molar-refractivity contribution is 7.90. The zero-order chi connectivity index (χ0) is 20.4. The Kier molecular flexibility index (Phi) is 4.94. The third kappa shape index (κ3) is 4.07. The van der Waals surface area contributed by atoms with Crippen LogP contribution in [-0.4, -0.2) is 25.7 Å². The van der Waals surface area contributed by atoms with Crippen LogP contribution in [0.3, 0.4) is 0 Å². The Morgan fingerprint density at radius 3 is 2.38 bits per heavy atom. The van der Waals surface area contributed by atoms with Crippen LogP contribution in [0.1, 0.15) is 11.3 Å². The quantitative estimate of drug-likeness (QED) is 0.468. The van der Waals surface area contributed by atoms with Gasteiger partial charge < -0.3 is 13.7 Å². The van der Waals surface area contributed by atoms with Crippen molar-refractivity contribution in [1.82, 2.24) is 10.1 Å². The molecule has 0 atom stereocenters. The standard InChI is InChI=1S/C21H18N2O5S/c1-14-3-5-15(6-4-14)20-22-21(28-23-20)19-12-9-17(27-19)13-29(24,25)18-10-7-16(26-2)8-11-18/h3-12H,13H2,1-2H3. The third-order valence-corrected chi connectivity index (χ3v) is 6.01. The number of aromatic nitrogens is 2. The monoisotopic (exact) mass is 410 g/mol. The van der Waals surface area contributed by atoms with Gasteiger partial charge in [-0.3, -0.25) is 0 Å². The maximum atomic E-state index is 12.6. The number of hydrogen-bond donors (Lipinski definition) is 0. The molecule has 2 heterocycles. The second kappa shape index (κ2) is 7.56. The predicted octanol–water partition coefficient (Wildman–Crippen LogP) is 4.29. The van der Waals surface area contributed by atoms with Gasteiger partial charge in [0.2, 0.25) is 5.82 Å². The summed E-state index contributed by atoms with van der Waals surface area (Å²) in [5.41, 5.74) is 1.95. The van der Waals surface area contributed by atoms with E-state index in [4.69, 9.17) is 13.7 Å². The lowest BCUT2D eigenvalue weighted by atomic mass is 10.1. The number of methoxy groups -OCH3 is 1. The van der Waals surface area contributed by atoms with E-state index in [0.29, 0.717) is 17.3 Å². The summed E-state index contributed by atoms with van der Waals surface area (Å²) in [7, 11) is -2.04. The lowest BCUT2D eigenvalue weighted by molar-refractivity contribution is 0.413. The molecule has 0 N–H and O–H groups in total. The van der Waals surface area contributed by atoms with E-state index in [0.717, 1.165) is 11.1 Å². The molecule has 0 aliphatic rings. The molecule has 0 spiro atoms. The summed E-state index contributed by atoms with van der Waals surface area (Å²) < 4.78 is 41.2. The SMILES string of the molecule is COc1ccc(S(=O)(=O)Cc2ccc(-c3nc(-c4ccc(C)cc4)no3)o2)cc1. The average molecular weight is 410 g/mol. The van der Waals surface area contributed by atoms with E-state index < -0.39 is 9.84 Å². The van der Waals surface area contributed by atoms with Crippen molar-refractivity contribution in [3.8, 4) is 28.8 Å². The summed E-state index contributed by atoms with van der Waals surface area (Å²) in [5, 5.41) is 3.96. The summed E-state index contributed by atoms with van der Waals surface area (Å²) in [6.07, 6.45) is 0. The maximum absolute atomic E-state index is 12.6. The lowest BCUT2D eigenvalue weighted by Crippen LogP contribution is -2.04. The number of ether oxygens (including phenoxy) is 1. The zero-order valence-corrected chi connectivity index (χ0v) is 16.6.